The molecular weight excluding hydrogens is 280 g/mol. The first-order valence-electron chi connectivity index (χ1n) is 7.31. The summed E-state index contributed by atoms with van der Waals surface area (Å²) in [6, 6.07) is 5.82. The number of aromatic nitrogens is 4. The van der Waals surface area contributed by atoms with Crippen molar-refractivity contribution in [1.82, 2.24) is 18.7 Å². The standard InChI is InChI=1S/C16H18N4O2/c1-4-7-20-16(22)19-9-8-18(15(21)14(19)17-20)13-6-5-11(2)12(3)10-13/h5-6,8-10H,4,7H2,1-3H3. The van der Waals surface area contributed by atoms with E-state index in [4.69, 9.17) is 0 Å². The van der Waals surface area contributed by atoms with Crippen molar-refractivity contribution in [2.24, 2.45) is 0 Å². The molecule has 0 unspecified atom stereocenters. The van der Waals surface area contributed by atoms with Crippen LogP contribution in [0, 0.1) is 13.8 Å². The van der Waals surface area contributed by atoms with Gasteiger partial charge < -0.3 is 0 Å². The van der Waals surface area contributed by atoms with Gasteiger partial charge in [0.1, 0.15) is 0 Å². The fourth-order valence-corrected chi connectivity index (χ4v) is 2.45. The molecule has 2 aromatic heterocycles. The lowest BCUT2D eigenvalue weighted by Gasteiger charge is -2.08. The van der Waals surface area contributed by atoms with E-state index in [1.807, 2.05) is 39.0 Å². The van der Waals surface area contributed by atoms with Crippen molar-refractivity contribution in [2.45, 2.75) is 33.7 Å². The van der Waals surface area contributed by atoms with E-state index in [1.165, 1.54) is 19.2 Å². The summed E-state index contributed by atoms with van der Waals surface area (Å²) in [7, 11) is 0. The van der Waals surface area contributed by atoms with Gasteiger partial charge in [-0.15, -0.1) is 5.10 Å². The van der Waals surface area contributed by atoms with Gasteiger partial charge in [0.05, 0.1) is 0 Å². The Labute approximate surface area is 127 Å². The molecule has 114 valence electrons. The van der Waals surface area contributed by atoms with Crippen LogP contribution in [0.1, 0.15) is 24.5 Å². The van der Waals surface area contributed by atoms with Gasteiger partial charge in [-0.25, -0.2) is 13.9 Å². The normalized spacial score (nSPS) is 11.2. The Hall–Kier alpha value is -2.63. The molecule has 3 aromatic rings. The minimum atomic E-state index is -0.294. The molecule has 22 heavy (non-hydrogen) atoms. The van der Waals surface area contributed by atoms with Gasteiger partial charge in [-0.1, -0.05) is 13.0 Å². The zero-order chi connectivity index (χ0) is 15.9. The van der Waals surface area contributed by atoms with Crippen LogP contribution in [0.25, 0.3) is 11.3 Å². The second kappa shape index (κ2) is 5.29. The Kier molecular flexibility index (Phi) is 3.44. The number of aryl methyl sites for hydroxylation is 3. The van der Waals surface area contributed by atoms with Crippen molar-refractivity contribution in [3.05, 3.63) is 62.6 Å². The fourth-order valence-electron chi connectivity index (χ4n) is 2.45. The molecule has 0 saturated carbocycles. The highest BCUT2D eigenvalue weighted by molar-refractivity contribution is 5.43. The second-order valence-corrected chi connectivity index (χ2v) is 5.44. The summed E-state index contributed by atoms with van der Waals surface area (Å²) in [4.78, 5) is 24.8. The van der Waals surface area contributed by atoms with Gasteiger partial charge in [0.25, 0.3) is 0 Å². The monoisotopic (exact) mass is 298 g/mol. The highest BCUT2D eigenvalue weighted by Crippen LogP contribution is 2.12. The minimum absolute atomic E-state index is 0.152. The molecule has 6 heteroatoms. The average molecular weight is 298 g/mol. The quantitative estimate of drug-likeness (QED) is 0.739. The van der Waals surface area contributed by atoms with E-state index in [0.717, 1.165) is 17.7 Å². The molecule has 3 rings (SSSR count). The molecular formula is C16H18N4O2. The summed E-state index contributed by atoms with van der Waals surface area (Å²) in [5, 5.41) is 4.16. The molecule has 0 amide bonds. The number of rotatable bonds is 3. The number of hydrogen-bond donors (Lipinski definition) is 0. The molecule has 0 atom stereocenters. The zero-order valence-electron chi connectivity index (χ0n) is 12.9. The predicted molar refractivity (Wildman–Crippen MR) is 84.8 cm³/mol. The number of fused-ring (bicyclic) bond motifs is 1. The summed E-state index contributed by atoms with van der Waals surface area (Å²) >= 11 is 0. The summed E-state index contributed by atoms with van der Waals surface area (Å²) in [5.74, 6) is 0. The van der Waals surface area contributed by atoms with E-state index in [1.54, 1.807) is 12.4 Å². The Balaban J connectivity index is 2.24. The maximum atomic E-state index is 12.6. The van der Waals surface area contributed by atoms with Gasteiger partial charge in [-0.2, -0.15) is 0 Å². The van der Waals surface area contributed by atoms with Crippen molar-refractivity contribution < 1.29 is 0 Å². The van der Waals surface area contributed by atoms with E-state index in [2.05, 4.69) is 5.10 Å². The molecule has 0 aliphatic rings. The smallest absolute Gasteiger partial charge is 0.280 e. The van der Waals surface area contributed by atoms with Crippen molar-refractivity contribution in [3.8, 4) is 5.69 Å². The molecule has 0 bridgehead atoms. The Morgan fingerprint density at radius 2 is 1.86 bits per heavy atom. The van der Waals surface area contributed by atoms with Crippen LogP contribution >= 0.6 is 0 Å². The van der Waals surface area contributed by atoms with Gasteiger partial charge in [0.15, 0.2) is 0 Å². The van der Waals surface area contributed by atoms with Crippen LogP contribution in [0.2, 0.25) is 0 Å². The molecule has 0 saturated heterocycles. The Bertz CT molecular complexity index is 962. The molecule has 0 fully saturated rings. The zero-order valence-corrected chi connectivity index (χ0v) is 12.9. The molecule has 0 N–H and O–H groups in total. The predicted octanol–water partition coefficient (Wildman–Crippen LogP) is 1.67. The third kappa shape index (κ3) is 2.16. The van der Waals surface area contributed by atoms with Gasteiger partial charge in [0.2, 0.25) is 5.65 Å². The molecule has 6 nitrogen and oxygen atoms in total. The molecule has 0 aliphatic carbocycles. The van der Waals surface area contributed by atoms with Crippen molar-refractivity contribution in [3.63, 3.8) is 0 Å². The van der Waals surface area contributed by atoms with E-state index < -0.39 is 0 Å². The van der Waals surface area contributed by atoms with E-state index in [9.17, 15) is 9.59 Å². The third-order valence-corrected chi connectivity index (χ3v) is 3.85. The highest BCUT2D eigenvalue weighted by atomic mass is 16.2. The Morgan fingerprint density at radius 3 is 2.55 bits per heavy atom. The van der Waals surface area contributed by atoms with Gasteiger partial charge in [-0.05, 0) is 43.5 Å². The van der Waals surface area contributed by atoms with Gasteiger partial charge in [-0.3, -0.25) is 9.36 Å². The van der Waals surface area contributed by atoms with Crippen LogP contribution in [-0.4, -0.2) is 18.7 Å². The topological polar surface area (TPSA) is 61.3 Å². The molecule has 0 spiro atoms. The van der Waals surface area contributed by atoms with Crippen molar-refractivity contribution >= 4 is 5.65 Å². The van der Waals surface area contributed by atoms with Crippen LogP contribution in [0.4, 0.5) is 0 Å². The van der Waals surface area contributed by atoms with E-state index in [0.29, 0.717) is 6.54 Å². The Morgan fingerprint density at radius 1 is 1.09 bits per heavy atom. The first kappa shape index (κ1) is 14.3. The van der Waals surface area contributed by atoms with E-state index >= 15 is 0 Å². The SMILES string of the molecule is CCCn1nc2c(=O)n(-c3ccc(C)c(C)c3)ccn2c1=O. The largest absolute Gasteiger partial charge is 0.350 e. The molecule has 0 radical (unpaired) electrons. The minimum Gasteiger partial charge on any atom is -0.280 e. The maximum Gasteiger partial charge on any atom is 0.350 e. The van der Waals surface area contributed by atoms with E-state index in [-0.39, 0.29) is 16.9 Å². The lowest BCUT2D eigenvalue weighted by molar-refractivity contribution is 0.582. The van der Waals surface area contributed by atoms with Crippen LogP contribution in [0.3, 0.4) is 0 Å². The fraction of sp³-hybridized carbons (Fsp3) is 0.312. The number of nitrogens with zero attached hydrogens (tertiary/aromatic N) is 4. The summed E-state index contributed by atoms with van der Waals surface area (Å²) in [5.41, 5.74) is 2.63. The van der Waals surface area contributed by atoms with Crippen LogP contribution in [0.15, 0.2) is 40.2 Å². The van der Waals surface area contributed by atoms with Gasteiger partial charge in [0, 0.05) is 24.6 Å². The summed E-state index contributed by atoms with van der Waals surface area (Å²) in [6.45, 7) is 6.49. The lowest BCUT2D eigenvalue weighted by atomic mass is 10.1. The maximum absolute atomic E-state index is 12.6. The lowest BCUT2D eigenvalue weighted by Crippen LogP contribution is -2.24. The molecule has 1 aromatic carbocycles. The average Bonchev–Trinajstić information content (AvgIpc) is 2.81. The third-order valence-electron chi connectivity index (χ3n) is 3.85. The van der Waals surface area contributed by atoms with Crippen LogP contribution in [-0.2, 0) is 6.54 Å². The van der Waals surface area contributed by atoms with Crippen LogP contribution in [0.5, 0.6) is 0 Å². The summed E-state index contributed by atoms with van der Waals surface area (Å²) < 4.78 is 4.15. The van der Waals surface area contributed by atoms with Crippen molar-refractivity contribution in [2.75, 3.05) is 0 Å². The van der Waals surface area contributed by atoms with Crippen LogP contribution < -0.4 is 11.2 Å². The molecule has 0 aliphatic heterocycles. The second-order valence-electron chi connectivity index (χ2n) is 5.44. The molecule has 2 heterocycles. The first-order chi connectivity index (χ1) is 10.5. The first-order valence-corrected chi connectivity index (χ1v) is 7.31. The summed E-state index contributed by atoms with van der Waals surface area (Å²) in [6.07, 6.45) is 3.99. The highest BCUT2D eigenvalue weighted by Gasteiger charge is 2.12. The number of benzene rings is 1. The van der Waals surface area contributed by atoms with Crippen molar-refractivity contribution in [1.29, 1.82) is 0 Å². The van der Waals surface area contributed by atoms with Gasteiger partial charge >= 0.3 is 11.2 Å². The number of hydrogen-bond acceptors (Lipinski definition) is 3.